The summed E-state index contributed by atoms with van der Waals surface area (Å²) in [6.07, 6.45) is 1.90. The number of halogens is 1. The lowest BCUT2D eigenvalue weighted by molar-refractivity contribution is 0.431. The van der Waals surface area contributed by atoms with Gasteiger partial charge in [0.25, 0.3) is 5.22 Å². The van der Waals surface area contributed by atoms with Crippen LogP contribution in [0, 0.1) is 13.8 Å². The van der Waals surface area contributed by atoms with Crippen LogP contribution in [0.15, 0.2) is 25.3 Å². The molecule has 18 heavy (non-hydrogen) atoms. The number of rotatable bonds is 4. The summed E-state index contributed by atoms with van der Waals surface area (Å²) in [6, 6.07) is 1.87. The third-order valence-electron chi connectivity index (χ3n) is 2.39. The highest BCUT2D eigenvalue weighted by molar-refractivity contribution is 9.10. The maximum Gasteiger partial charge on any atom is 0.262 e. The first-order valence-electron chi connectivity index (χ1n) is 5.74. The number of oxazole rings is 1. The van der Waals surface area contributed by atoms with Crippen LogP contribution in [0.4, 0.5) is 0 Å². The zero-order valence-corrected chi connectivity index (χ0v) is 12.9. The molecule has 4 nitrogen and oxygen atoms in total. The van der Waals surface area contributed by atoms with E-state index in [1.165, 1.54) is 11.8 Å². The van der Waals surface area contributed by atoms with E-state index >= 15 is 0 Å². The Morgan fingerprint density at radius 3 is 2.67 bits per heavy atom. The SMILES string of the molecule is CCCc1nc(Br)cc(Sc2nc(C)c(C)o2)n1. The van der Waals surface area contributed by atoms with Gasteiger partial charge in [-0.05, 0) is 48.0 Å². The molecule has 0 atom stereocenters. The first kappa shape index (κ1) is 13.5. The number of hydrogen-bond donors (Lipinski definition) is 0. The lowest BCUT2D eigenvalue weighted by Gasteiger charge is -2.01. The highest BCUT2D eigenvalue weighted by atomic mass is 79.9. The third-order valence-corrected chi connectivity index (χ3v) is 3.57. The molecule has 0 bridgehead atoms. The Hall–Kier alpha value is -0.880. The molecule has 0 unspecified atom stereocenters. The number of aryl methyl sites for hydroxylation is 3. The van der Waals surface area contributed by atoms with E-state index < -0.39 is 0 Å². The Balaban J connectivity index is 2.22. The van der Waals surface area contributed by atoms with E-state index in [-0.39, 0.29) is 0 Å². The van der Waals surface area contributed by atoms with Crippen LogP contribution in [0.25, 0.3) is 0 Å². The quantitative estimate of drug-likeness (QED) is 0.796. The molecule has 2 heterocycles. The molecule has 0 spiro atoms. The lowest BCUT2D eigenvalue weighted by atomic mass is 10.3. The fourth-order valence-corrected chi connectivity index (χ4v) is 2.83. The summed E-state index contributed by atoms with van der Waals surface area (Å²) >= 11 is 4.82. The molecule has 0 saturated carbocycles. The van der Waals surface area contributed by atoms with Gasteiger partial charge in [0.1, 0.15) is 21.2 Å². The Bertz CT molecular complexity index is 537. The van der Waals surface area contributed by atoms with Crippen molar-refractivity contribution >= 4 is 27.7 Å². The summed E-state index contributed by atoms with van der Waals surface area (Å²) in [4.78, 5) is 13.1. The van der Waals surface area contributed by atoms with Crippen LogP contribution in [0.1, 0.15) is 30.6 Å². The zero-order valence-electron chi connectivity index (χ0n) is 10.5. The van der Waals surface area contributed by atoms with E-state index in [1.54, 1.807) is 0 Å². The topological polar surface area (TPSA) is 51.8 Å². The maximum absolute atomic E-state index is 5.53. The molecule has 2 aromatic heterocycles. The number of nitrogens with zero attached hydrogens (tertiary/aromatic N) is 3. The lowest BCUT2D eigenvalue weighted by Crippen LogP contribution is -1.96. The second-order valence-electron chi connectivity index (χ2n) is 3.92. The molecule has 2 aromatic rings. The molecule has 2 rings (SSSR count). The van der Waals surface area contributed by atoms with E-state index in [0.717, 1.165) is 39.7 Å². The van der Waals surface area contributed by atoms with Crippen molar-refractivity contribution in [3.05, 3.63) is 27.9 Å². The molecule has 0 aromatic carbocycles. The van der Waals surface area contributed by atoms with Gasteiger partial charge in [0.05, 0.1) is 5.69 Å². The maximum atomic E-state index is 5.53. The smallest absolute Gasteiger partial charge is 0.262 e. The van der Waals surface area contributed by atoms with Crippen LogP contribution in [0.5, 0.6) is 0 Å². The second-order valence-corrected chi connectivity index (χ2v) is 5.70. The van der Waals surface area contributed by atoms with E-state index in [2.05, 4.69) is 37.8 Å². The minimum atomic E-state index is 0.623. The van der Waals surface area contributed by atoms with Crippen LogP contribution in [0.3, 0.4) is 0 Å². The Kier molecular flexibility index (Phi) is 4.40. The van der Waals surface area contributed by atoms with Gasteiger partial charge in [-0.15, -0.1) is 0 Å². The fourth-order valence-electron chi connectivity index (χ4n) is 1.41. The highest BCUT2D eigenvalue weighted by Gasteiger charge is 2.10. The summed E-state index contributed by atoms with van der Waals surface area (Å²) in [6.45, 7) is 5.95. The largest absolute Gasteiger partial charge is 0.436 e. The van der Waals surface area contributed by atoms with Crippen molar-refractivity contribution in [2.75, 3.05) is 0 Å². The van der Waals surface area contributed by atoms with Gasteiger partial charge in [-0.25, -0.2) is 15.0 Å². The molecule has 96 valence electrons. The average molecular weight is 328 g/mol. The van der Waals surface area contributed by atoms with E-state index in [0.29, 0.717) is 5.22 Å². The van der Waals surface area contributed by atoms with Crippen molar-refractivity contribution in [3.8, 4) is 0 Å². The Labute approximate surface area is 119 Å². The molecule has 0 amide bonds. The van der Waals surface area contributed by atoms with Gasteiger partial charge in [0, 0.05) is 12.5 Å². The monoisotopic (exact) mass is 327 g/mol. The van der Waals surface area contributed by atoms with E-state index in [4.69, 9.17) is 4.42 Å². The fraction of sp³-hybridized carbons (Fsp3) is 0.417. The molecule has 0 aliphatic carbocycles. The van der Waals surface area contributed by atoms with Crippen molar-refractivity contribution in [3.63, 3.8) is 0 Å². The Morgan fingerprint density at radius 1 is 1.28 bits per heavy atom. The standard InChI is InChI=1S/C12H14BrN3OS/c1-4-5-10-15-9(13)6-11(16-10)18-12-14-7(2)8(3)17-12/h6H,4-5H2,1-3H3. The van der Waals surface area contributed by atoms with Crippen molar-refractivity contribution in [1.29, 1.82) is 0 Å². The molecule has 6 heteroatoms. The van der Waals surface area contributed by atoms with Crippen molar-refractivity contribution < 1.29 is 4.42 Å². The van der Waals surface area contributed by atoms with E-state index in [9.17, 15) is 0 Å². The van der Waals surface area contributed by atoms with Gasteiger partial charge >= 0.3 is 0 Å². The number of hydrogen-bond acceptors (Lipinski definition) is 5. The Morgan fingerprint density at radius 2 is 2.06 bits per heavy atom. The van der Waals surface area contributed by atoms with Crippen LogP contribution >= 0.6 is 27.7 Å². The highest BCUT2D eigenvalue weighted by Crippen LogP contribution is 2.28. The summed E-state index contributed by atoms with van der Waals surface area (Å²) in [5.41, 5.74) is 0.916. The van der Waals surface area contributed by atoms with Crippen molar-refractivity contribution in [1.82, 2.24) is 15.0 Å². The minimum Gasteiger partial charge on any atom is -0.436 e. The second kappa shape index (κ2) is 5.84. The van der Waals surface area contributed by atoms with E-state index in [1.807, 2.05) is 19.9 Å². The first-order valence-corrected chi connectivity index (χ1v) is 7.34. The molecule has 0 aliphatic heterocycles. The normalized spacial score (nSPS) is 10.9. The van der Waals surface area contributed by atoms with Gasteiger partial charge in [-0.1, -0.05) is 6.92 Å². The van der Waals surface area contributed by atoms with Crippen LogP contribution in [0.2, 0.25) is 0 Å². The van der Waals surface area contributed by atoms with Gasteiger partial charge < -0.3 is 4.42 Å². The van der Waals surface area contributed by atoms with Gasteiger partial charge in [0.15, 0.2) is 0 Å². The zero-order chi connectivity index (χ0) is 13.1. The van der Waals surface area contributed by atoms with Gasteiger partial charge in [-0.3, -0.25) is 0 Å². The van der Waals surface area contributed by atoms with Crippen LogP contribution in [-0.4, -0.2) is 15.0 Å². The molecular weight excluding hydrogens is 314 g/mol. The van der Waals surface area contributed by atoms with Crippen molar-refractivity contribution in [2.24, 2.45) is 0 Å². The van der Waals surface area contributed by atoms with Crippen molar-refractivity contribution in [2.45, 2.75) is 43.9 Å². The predicted octanol–water partition coefficient (Wildman–Crippen LogP) is 3.95. The molecular formula is C12H14BrN3OS. The molecule has 0 radical (unpaired) electrons. The number of aromatic nitrogens is 3. The van der Waals surface area contributed by atoms with Crippen LogP contribution in [-0.2, 0) is 6.42 Å². The summed E-state index contributed by atoms with van der Waals surface area (Å²) in [5.74, 6) is 1.69. The van der Waals surface area contributed by atoms with Crippen LogP contribution < -0.4 is 0 Å². The summed E-state index contributed by atoms with van der Waals surface area (Å²) < 4.78 is 6.33. The minimum absolute atomic E-state index is 0.623. The molecule has 0 fully saturated rings. The van der Waals surface area contributed by atoms with Gasteiger partial charge in [-0.2, -0.15) is 0 Å². The first-order chi connectivity index (χ1) is 8.58. The predicted molar refractivity (Wildman–Crippen MR) is 73.8 cm³/mol. The molecule has 0 N–H and O–H groups in total. The molecule has 0 aliphatic rings. The summed E-state index contributed by atoms with van der Waals surface area (Å²) in [7, 11) is 0. The third kappa shape index (κ3) is 3.32. The average Bonchev–Trinajstić information content (AvgIpc) is 2.57. The molecule has 0 saturated heterocycles. The van der Waals surface area contributed by atoms with Gasteiger partial charge in [0.2, 0.25) is 0 Å². The summed E-state index contributed by atoms with van der Waals surface area (Å²) in [5, 5.41) is 1.47.